The van der Waals surface area contributed by atoms with Crippen LogP contribution < -0.4 is 5.32 Å². The third-order valence-electron chi connectivity index (χ3n) is 4.38. The molecule has 0 aliphatic carbocycles. The summed E-state index contributed by atoms with van der Waals surface area (Å²) < 4.78 is 13.7. The Labute approximate surface area is 150 Å². The van der Waals surface area contributed by atoms with E-state index >= 15 is 0 Å². The van der Waals surface area contributed by atoms with E-state index in [0.29, 0.717) is 18.0 Å². The predicted molar refractivity (Wildman–Crippen MR) is 96.1 cm³/mol. The summed E-state index contributed by atoms with van der Waals surface area (Å²) in [5.74, 6) is -1.09. The van der Waals surface area contributed by atoms with E-state index in [1.807, 2.05) is 31.4 Å². The van der Waals surface area contributed by atoms with E-state index in [9.17, 15) is 14.0 Å². The highest BCUT2D eigenvalue weighted by atomic mass is 32.1. The van der Waals surface area contributed by atoms with Crippen molar-refractivity contribution in [2.24, 2.45) is 5.92 Å². The van der Waals surface area contributed by atoms with Crippen molar-refractivity contribution in [3.63, 3.8) is 0 Å². The Morgan fingerprint density at radius 1 is 1.24 bits per heavy atom. The van der Waals surface area contributed by atoms with Gasteiger partial charge in [-0.05, 0) is 43.0 Å². The van der Waals surface area contributed by atoms with Crippen molar-refractivity contribution >= 4 is 23.2 Å². The van der Waals surface area contributed by atoms with Gasteiger partial charge in [0.15, 0.2) is 0 Å². The van der Waals surface area contributed by atoms with Crippen LogP contribution >= 0.6 is 11.3 Å². The highest BCUT2D eigenvalue weighted by molar-refractivity contribution is 7.12. The van der Waals surface area contributed by atoms with Crippen LogP contribution in [0.15, 0.2) is 41.8 Å². The standard InChI is InChI=1S/C19H21FN2O2S/c1-12(2)21-18(23)16-11-22(19(24)17-7-4-8-25-17)10-15(16)13-5-3-6-14(20)9-13/h3-9,12,15-16H,10-11H2,1-2H3,(H,21,23). The number of carbonyl (C=O) groups excluding carboxylic acids is 2. The number of likely N-dealkylation sites (tertiary alicyclic amines) is 1. The molecule has 1 saturated heterocycles. The fraction of sp³-hybridized carbons (Fsp3) is 0.368. The van der Waals surface area contributed by atoms with E-state index in [2.05, 4.69) is 5.32 Å². The van der Waals surface area contributed by atoms with Crippen molar-refractivity contribution in [3.8, 4) is 0 Å². The monoisotopic (exact) mass is 360 g/mol. The minimum atomic E-state index is -0.381. The van der Waals surface area contributed by atoms with Crippen LogP contribution in [-0.2, 0) is 4.79 Å². The predicted octanol–water partition coefficient (Wildman–Crippen LogP) is 3.27. The van der Waals surface area contributed by atoms with Gasteiger partial charge in [0.1, 0.15) is 5.82 Å². The molecule has 1 fully saturated rings. The maximum Gasteiger partial charge on any atom is 0.263 e. The molecule has 1 N–H and O–H groups in total. The van der Waals surface area contributed by atoms with Gasteiger partial charge in [-0.1, -0.05) is 18.2 Å². The lowest BCUT2D eigenvalue weighted by molar-refractivity contribution is -0.125. The first-order valence-corrected chi connectivity index (χ1v) is 9.22. The normalized spacial score (nSPS) is 20.1. The number of hydrogen-bond donors (Lipinski definition) is 1. The van der Waals surface area contributed by atoms with Gasteiger partial charge in [-0.3, -0.25) is 9.59 Å². The number of nitrogens with one attached hydrogen (secondary N) is 1. The third kappa shape index (κ3) is 3.90. The van der Waals surface area contributed by atoms with Gasteiger partial charge in [0.25, 0.3) is 5.91 Å². The SMILES string of the molecule is CC(C)NC(=O)C1CN(C(=O)c2cccs2)CC1c1cccc(F)c1. The zero-order valence-electron chi connectivity index (χ0n) is 14.2. The number of hydrogen-bond acceptors (Lipinski definition) is 3. The first-order chi connectivity index (χ1) is 12.0. The quantitative estimate of drug-likeness (QED) is 0.910. The lowest BCUT2D eigenvalue weighted by Crippen LogP contribution is -2.39. The number of carbonyl (C=O) groups is 2. The minimum Gasteiger partial charge on any atom is -0.354 e. The van der Waals surface area contributed by atoms with Crippen molar-refractivity contribution in [1.82, 2.24) is 10.2 Å². The number of rotatable bonds is 4. The molecular weight excluding hydrogens is 339 g/mol. The Bertz CT molecular complexity index is 761. The van der Waals surface area contributed by atoms with Crippen molar-refractivity contribution in [1.29, 1.82) is 0 Å². The molecule has 4 nitrogen and oxygen atoms in total. The van der Waals surface area contributed by atoms with Gasteiger partial charge in [-0.2, -0.15) is 0 Å². The van der Waals surface area contributed by atoms with Gasteiger partial charge in [0.2, 0.25) is 5.91 Å². The Kier molecular flexibility index (Phi) is 5.18. The summed E-state index contributed by atoms with van der Waals surface area (Å²) in [5.41, 5.74) is 0.755. The Morgan fingerprint density at radius 2 is 2.04 bits per heavy atom. The average Bonchev–Trinajstić information content (AvgIpc) is 3.23. The summed E-state index contributed by atoms with van der Waals surface area (Å²) in [4.78, 5) is 27.7. The van der Waals surface area contributed by atoms with Crippen LogP contribution in [0.25, 0.3) is 0 Å². The molecule has 2 unspecified atom stereocenters. The minimum absolute atomic E-state index is 0.0164. The second-order valence-corrected chi connectivity index (χ2v) is 7.57. The van der Waals surface area contributed by atoms with Crippen molar-refractivity contribution in [3.05, 3.63) is 58.0 Å². The molecule has 132 valence electrons. The molecule has 2 heterocycles. The number of thiophene rings is 1. The smallest absolute Gasteiger partial charge is 0.263 e. The average molecular weight is 360 g/mol. The fourth-order valence-corrected chi connectivity index (χ4v) is 3.95. The molecular formula is C19H21FN2O2S. The number of nitrogens with zero attached hydrogens (tertiary/aromatic N) is 1. The van der Waals surface area contributed by atoms with Crippen LogP contribution in [0.5, 0.6) is 0 Å². The maximum atomic E-state index is 13.7. The highest BCUT2D eigenvalue weighted by Gasteiger charge is 2.41. The summed E-state index contributed by atoms with van der Waals surface area (Å²) in [6, 6.07) is 9.94. The maximum absolute atomic E-state index is 13.7. The van der Waals surface area contributed by atoms with Gasteiger partial charge >= 0.3 is 0 Å². The molecule has 0 bridgehead atoms. The van der Waals surface area contributed by atoms with E-state index in [4.69, 9.17) is 0 Å². The number of amides is 2. The van der Waals surface area contributed by atoms with Gasteiger partial charge in [-0.25, -0.2) is 4.39 Å². The molecule has 1 aromatic carbocycles. The number of halogens is 1. The van der Waals surface area contributed by atoms with E-state index in [0.717, 1.165) is 5.56 Å². The first-order valence-electron chi connectivity index (χ1n) is 8.34. The summed E-state index contributed by atoms with van der Waals surface area (Å²) in [7, 11) is 0. The second kappa shape index (κ2) is 7.35. The lowest BCUT2D eigenvalue weighted by Gasteiger charge is -2.19. The van der Waals surface area contributed by atoms with E-state index < -0.39 is 0 Å². The topological polar surface area (TPSA) is 49.4 Å². The van der Waals surface area contributed by atoms with Crippen LogP contribution in [0.4, 0.5) is 4.39 Å². The molecule has 25 heavy (non-hydrogen) atoms. The van der Waals surface area contributed by atoms with Crippen LogP contribution in [0, 0.1) is 11.7 Å². The molecule has 0 saturated carbocycles. The van der Waals surface area contributed by atoms with Crippen LogP contribution in [0.2, 0.25) is 0 Å². The molecule has 1 aromatic heterocycles. The summed E-state index contributed by atoms with van der Waals surface area (Å²) in [5, 5.41) is 4.78. The van der Waals surface area contributed by atoms with E-state index in [1.165, 1.54) is 23.5 Å². The molecule has 6 heteroatoms. The van der Waals surface area contributed by atoms with Crippen LogP contribution in [0.1, 0.15) is 35.0 Å². The largest absolute Gasteiger partial charge is 0.354 e. The molecule has 0 radical (unpaired) electrons. The van der Waals surface area contributed by atoms with Gasteiger partial charge in [-0.15, -0.1) is 11.3 Å². The Hall–Kier alpha value is -2.21. The zero-order chi connectivity index (χ0) is 18.0. The van der Waals surface area contributed by atoms with E-state index in [-0.39, 0.29) is 35.5 Å². The van der Waals surface area contributed by atoms with Gasteiger partial charge in [0.05, 0.1) is 10.8 Å². The Morgan fingerprint density at radius 3 is 2.68 bits per heavy atom. The van der Waals surface area contributed by atoms with Crippen molar-refractivity contribution < 1.29 is 14.0 Å². The van der Waals surface area contributed by atoms with Crippen LogP contribution in [-0.4, -0.2) is 35.8 Å². The number of benzene rings is 1. The molecule has 3 rings (SSSR count). The van der Waals surface area contributed by atoms with Crippen molar-refractivity contribution in [2.45, 2.75) is 25.8 Å². The second-order valence-electron chi connectivity index (χ2n) is 6.62. The van der Waals surface area contributed by atoms with Crippen molar-refractivity contribution in [2.75, 3.05) is 13.1 Å². The zero-order valence-corrected chi connectivity index (χ0v) is 15.1. The molecule has 1 aliphatic rings. The Balaban J connectivity index is 1.87. The molecule has 2 amide bonds. The summed E-state index contributed by atoms with van der Waals surface area (Å²) >= 11 is 1.39. The lowest BCUT2D eigenvalue weighted by atomic mass is 9.88. The first kappa shape index (κ1) is 17.6. The van der Waals surface area contributed by atoms with E-state index in [1.54, 1.807) is 17.0 Å². The molecule has 2 aromatic rings. The molecule has 2 atom stereocenters. The molecule has 0 spiro atoms. The fourth-order valence-electron chi connectivity index (χ4n) is 3.26. The highest BCUT2D eigenvalue weighted by Crippen LogP contribution is 2.34. The molecule has 1 aliphatic heterocycles. The summed E-state index contributed by atoms with van der Waals surface area (Å²) in [6.07, 6.45) is 0. The third-order valence-corrected chi connectivity index (χ3v) is 5.24. The van der Waals surface area contributed by atoms with Gasteiger partial charge < -0.3 is 10.2 Å². The van der Waals surface area contributed by atoms with Gasteiger partial charge in [0, 0.05) is 25.0 Å². The van der Waals surface area contributed by atoms with Crippen LogP contribution in [0.3, 0.4) is 0 Å². The summed E-state index contributed by atoms with van der Waals surface area (Å²) in [6.45, 7) is 4.56.